The Labute approximate surface area is 90.4 Å². The normalized spacial score (nSPS) is 35.7. The molecule has 1 heterocycles. The van der Waals surface area contributed by atoms with Crippen LogP contribution in [0, 0.1) is 5.92 Å². The molecule has 1 aliphatic heterocycles. The first-order valence-corrected chi connectivity index (χ1v) is 5.95. The standard InChI is InChI=1S/C11H20N2O2/c14-9-4-3-8(6-9)7-13-11(15)10-2-1-5-12-10/h8-10,12,14H,1-7H2,(H,13,15)/t8?,9?,10-/m0/s1. The Kier molecular flexibility index (Phi) is 3.59. The van der Waals surface area contributed by atoms with Crippen molar-refractivity contribution in [2.45, 2.75) is 44.2 Å². The predicted octanol–water partition coefficient (Wildman–Crippen LogP) is 0.0156. The molecular formula is C11H20N2O2. The van der Waals surface area contributed by atoms with Gasteiger partial charge in [-0.3, -0.25) is 4.79 Å². The van der Waals surface area contributed by atoms with Gasteiger partial charge in [0.25, 0.3) is 0 Å². The van der Waals surface area contributed by atoms with Gasteiger partial charge in [0.15, 0.2) is 0 Å². The van der Waals surface area contributed by atoms with E-state index in [1.54, 1.807) is 0 Å². The van der Waals surface area contributed by atoms with Crippen molar-refractivity contribution >= 4 is 5.91 Å². The Hall–Kier alpha value is -0.610. The number of aliphatic hydroxyl groups is 1. The van der Waals surface area contributed by atoms with Gasteiger partial charge in [-0.2, -0.15) is 0 Å². The van der Waals surface area contributed by atoms with Gasteiger partial charge in [-0.05, 0) is 44.6 Å². The van der Waals surface area contributed by atoms with Crippen molar-refractivity contribution in [1.82, 2.24) is 10.6 Å². The van der Waals surface area contributed by atoms with Gasteiger partial charge in [0.05, 0.1) is 12.1 Å². The molecule has 2 unspecified atom stereocenters. The number of amides is 1. The largest absolute Gasteiger partial charge is 0.393 e. The zero-order valence-corrected chi connectivity index (χ0v) is 9.04. The van der Waals surface area contributed by atoms with Crippen molar-refractivity contribution in [3.63, 3.8) is 0 Å². The van der Waals surface area contributed by atoms with Gasteiger partial charge in [-0.25, -0.2) is 0 Å². The van der Waals surface area contributed by atoms with Gasteiger partial charge in [0.2, 0.25) is 5.91 Å². The van der Waals surface area contributed by atoms with Crippen LogP contribution in [-0.4, -0.2) is 36.2 Å². The van der Waals surface area contributed by atoms with Crippen LogP contribution in [0.3, 0.4) is 0 Å². The molecule has 2 rings (SSSR count). The molecule has 4 nitrogen and oxygen atoms in total. The summed E-state index contributed by atoms with van der Waals surface area (Å²) in [7, 11) is 0. The third-order valence-corrected chi connectivity index (χ3v) is 3.46. The maximum atomic E-state index is 11.6. The highest BCUT2D eigenvalue weighted by Gasteiger charge is 2.25. The van der Waals surface area contributed by atoms with Crippen LogP contribution < -0.4 is 10.6 Å². The quantitative estimate of drug-likeness (QED) is 0.618. The highest BCUT2D eigenvalue weighted by atomic mass is 16.3. The van der Waals surface area contributed by atoms with Gasteiger partial charge < -0.3 is 15.7 Å². The Balaban J connectivity index is 1.66. The zero-order valence-electron chi connectivity index (χ0n) is 9.04. The Morgan fingerprint density at radius 2 is 2.27 bits per heavy atom. The maximum absolute atomic E-state index is 11.6. The first kappa shape index (κ1) is 10.9. The first-order valence-electron chi connectivity index (χ1n) is 5.95. The van der Waals surface area contributed by atoms with Crippen molar-refractivity contribution in [2.24, 2.45) is 5.92 Å². The molecule has 0 bridgehead atoms. The molecule has 0 aromatic carbocycles. The Morgan fingerprint density at radius 3 is 2.87 bits per heavy atom. The van der Waals surface area contributed by atoms with E-state index >= 15 is 0 Å². The Bertz CT molecular complexity index is 227. The number of carbonyl (C=O) groups excluding carboxylic acids is 1. The lowest BCUT2D eigenvalue weighted by atomic mass is 10.1. The van der Waals surface area contributed by atoms with Crippen LogP contribution in [0.25, 0.3) is 0 Å². The zero-order chi connectivity index (χ0) is 10.7. The lowest BCUT2D eigenvalue weighted by Gasteiger charge is -2.14. The summed E-state index contributed by atoms with van der Waals surface area (Å²) in [5.41, 5.74) is 0. The molecule has 1 aliphatic carbocycles. The molecule has 2 aliphatic rings. The molecule has 15 heavy (non-hydrogen) atoms. The molecule has 86 valence electrons. The molecule has 1 saturated heterocycles. The summed E-state index contributed by atoms with van der Waals surface area (Å²) in [4.78, 5) is 11.6. The van der Waals surface area contributed by atoms with Crippen molar-refractivity contribution in [3.05, 3.63) is 0 Å². The fraction of sp³-hybridized carbons (Fsp3) is 0.909. The van der Waals surface area contributed by atoms with Gasteiger partial charge in [0.1, 0.15) is 0 Å². The molecule has 1 saturated carbocycles. The monoisotopic (exact) mass is 212 g/mol. The van der Waals surface area contributed by atoms with E-state index in [2.05, 4.69) is 10.6 Å². The first-order chi connectivity index (χ1) is 7.25. The topological polar surface area (TPSA) is 61.4 Å². The number of aliphatic hydroxyl groups excluding tert-OH is 1. The molecule has 0 radical (unpaired) electrons. The number of carbonyl (C=O) groups is 1. The molecule has 0 spiro atoms. The van der Waals surface area contributed by atoms with E-state index in [4.69, 9.17) is 0 Å². The van der Waals surface area contributed by atoms with E-state index in [-0.39, 0.29) is 18.1 Å². The summed E-state index contributed by atoms with van der Waals surface area (Å²) in [6.07, 6.45) is 4.69. The number of nitrogens with one attached hydrogen (secondary N) is 2. The number of hydrogen-bond donors (Lipinski definition) is 3. The van der Waals surface area contributed by atoms with Crippen LogP contribution in [0.5, 0.6) is 0 Å². The van der Waals surface area contributed by atoms with E-state index in [0.29, 0.717) is 5.92 Å². The van der Waals surface area contributed by atoms with Crippen molar-refractivity contribution in [1.29, 1.82) is 0 Å². The van der Waals surface area contributed by atoms with Gasteiger partial charge in [-0.15, -0.1) is 0 Å². The van der Waals surface area contributed by atoms with Crippen LogP contribution in [-0.2, 0) is 4.79 Å². The predicted molar refractivity (Wildman–Crippen MR) is 57.4 cm³/mol. The second-order valence-electron chi connectivity index (χ2n) is 4.73. The molecule has 2 fully saturated rings. The SMILES string of the molecule is O=C(NCC1CCC(O)C1)[C@@H]1CCCN1. The van der Waals surface area contributed by atoms with Crippen molar-refractivity contribution in [2.75, 3.05) is 13.1 Å². The average molecular weight is 212 g/mol. The van der Waals surface area contributed by atoms with Crippen molar-refractivity contribution in [3.8, 4) is 0 Å². The smallest absolute Gasteiger partial charge is 0.237 e. The average Bonchev–Trinajstić information content (AvgIpc) is 2.84. The summed E-state index contributed by atoms with van der Waals surface area (Å²) in [5.74, 6) is 0.610. The molecule has 3 atom stereocenters. The highest BCUT2D eigenvalue weighted by Crippen LogP contribution is 2.24. The summed E-state index contributed by atoms with van der Waals surface area (Å²) >= 11 is 0. The summed E-state index contributed by atoms with van der Waals surface area (Å²) < 4.78 is 0. The van der Waals surface area contributed by atoms with E-state index < -0.39 is 0 Å². The van der Waals surface area contributed by atoms with E-state index in [1.807, 2.05) is 0 Å². The molecule has 3 N–H and O–H groups in total. The lowest BCUT2D eigenvalue weighted by Crippen LogP contribution is -2.42. The van der Waals surface area contributed by atoms with E-state index in [0.717, 1.165) is 45.2 Å². The molecular weight excluding hydrogens is 192 g/mol. The highest BCUT2D eigenvalue weighted by molar-refractivity contribution is 5.81. The lowest BCUT2D eigenvalue weighted by molar-refractivity contribution is -0.122. The Morgan fingerprint density at radius 1 is 1.40 bits per heavy atom. The fourth-order valence-corrected chi connectivity index (χ4v) is 2.51. The van der Waals surface area contributed by atoms with Crippen LogP contribution in [0.1, 0.15) is 32.1 Å². The van der Waals surface area contributed by atoms with Crippen LogP contribution >= 0.6 is 0 Å². The second kappa shape index (κ2) is 4.94. The minimum absolute atomic E-state index is 0.0244. The van der Waals surface area contributed by atoms with Gasteiger partial charge >= 0.3 is 0 Å². The third-order valence-electron chi connectivity index (χ3n) is 3.46. The second-order valence-corrected chi connectivity index (χ2v) is 4.73. The van der Waals surface area contributed by atoms with Gasteiger partial charge in [0, 0.05) is 6.54 Å². The molecule has 0 aromatic rings. The number of hydrogen-bond acceptors (Lipinski definition) is 3. The fourth-order valence-electron chi connectivity index (χ4n) is 2.51. The van der Waals surface area contributed by atoms with Crippen LogP contribution in [0.2, 0.25) is 0 Å². The third kappa shape index (κ3) is 2.92. The maximum Gasteiger partial charge on any atom is 0.237 e. The van der Waals surface area contributed by atoms with Gasteiger partial charge in [-0.1, -0.05) is 0 Å². The van der Waals surface area contributed by atoms with Crippen LogP contribution in [0.4, 0.5) is 0 Å². The summed E-state index contributed by atoms with van der Waals surface area (Å²) in [6.45, 7) is 1.69. The summed E-state index contributed by atoms with van der Waals surface area (Å²) in [6, 6.07) is 0.0244. The number of rotatable bonds is 3. The summed E-state index contributed by atoms with van der Waals surface area (Å²) in [5, 5.41) is 15.5. The minimum Gasteiger partial charge on any atom is -0.393 e. The van der Waals surface area contributed by atoms with E-state index in [9.17, 15) is 9.90 Å². The van der Waals surface area contributed by atoms with E-state index in [1.165, 1.54) is 0 Å². The molecule has 4 heteroatoms. The van der Waals surface area contributed by atoms with Crippen molar-refractivity contribution < 1.29 is 9.90 Å². The molecule has 0 aromatic heterocycles. The minimum atomic E-state index is -0.142. The van der Waals surface area contributed by atoms with Crippen LogP contribution in [0.15, 0.2) is 0 Å². The molecule has 1 amide bonds.